The number of hydrogen-bond donors (Lipinski definition) is 1. The minimum Gasteiger partial charge on any atom is -0.497 e. The zero-order valence-corrected chi connectivity index (χ0v) is 17.0. The van der Waals surface area contributed by atoms with Crippen LogP contribution >= 0.6 is 0 Å². The second-order valence-electron chi connectivity index (χ2n) is 6.80. The first-order chi connectivity index (χ1) is 13.9. The summed E-state index contributed by atoms with van der Waals surface area (Å²) in [7, 11) is 1.63. The molecule has 0 aliphatic heterocycles. The first-order valence-electron chi connectivity index (χ1n) is 9.26. The summed E-state index contributed by atoms with van der Waals surface area (Å²) >= 11 is 0. The van der Waals surface area contributed by atoms with Crippen molar-refractivity contribution in [1.82, 2.24) is 4.57 Å². The van der Waals surface area contributed by atoms with Gasteiger partial charge in [-0.15, -0.1) is 0 Å². The molecule has 5 nitrogen and oxygen atoms in total. The van der Waals surface area contributed by atoms with E-state index in [9.17, 15) is 10.1 Å². The van der Waals surface area contributed by atoms with Crippen LogP contribution in [0.2, 0.25) is 0 Å². The Kier molecular flexibility index (Phi) is 5.85. The smallest absolute Gasteiger partial charge is 0.266 e. The Bertz CT molecular complexity index is 1120. The fourth-order valence-corrected chi connectivity index (χ4v) is 3.27. The Morgan fingerprint density at radius 2 is 1.79 bits per heavy atom. The number of anilines is 1. The quantitative estimate of drug-likeness (QED) is 0.499. The summed E-state index contributed by atoms with van der Waals surface area (Å²) in [6.45, 7) is 5.87. The Labute approximate surface area is 170 Å². The molecule has 0 unspecified atom stereocenters. The Hall–Kier alpha value is -3.78. The summed E-state index contributed by atoms with van der Waals surface area (Å²) < 4.78 is 7.31. The molecule has 0 atom stereocenters. The highest BCUT2D eigenvalue weighted by atomic mass is 16.5. The van der Waals surface area contributed by atoms with Crippen LogP contribution in [-0.2, 0) is 4.79 Å². The normalized spacial score (nSPS) is 11.1. The van der Waals surface area contributed by atoms with Crippen molar-refractivity contribution in [2.24, 2.45) is 0 Å². The average Bonchev–Trinajstić information content (AvgIpc) is 3.00. The number of nitrogens with one attached hydrogen (secondary N) is 1. The van der Waals surface area contributed by atoms with Crippen molar-refractivity contribution < 1.29 is 9.53 Å². The van der Waals surface area contributed by atoms with Crippen LogP contribution in [-0.4, -0.2) is 17.6 Å². The van der Waals surface area contributed by atoms with E-state index in [2.05, 4.69) is 9.88 Å². The number of amides is 1. The van der Waals surface area contributed by atoms with Gasteiger partial charge in [0.25, 0.3) is 5.91 Å². The molecule has 1 aromatic heterocycles. The Morgan fingerprint density at radius 1 is 1.10 bits per heavy atom. The van der Waals surface area contributed by atoms with E-state index in [0.717, 1.165) is 34.0 Å². The number of carbonyl (C=O) groups excluding carboxylic acids is 1. The zero-order valence-electron chi connectivity index (χ0n) is 17.0. The van der Waals surface area contributed by atoms with E-state index < -0.39 is 5.91 Å². The van der Waals surface area contributed by atoms with Crippen LogP contribution in [0.4, 0.5) is 5.69 Å². The first-order valence-corrected chi connectivity index (χ1v) is 9.26. The molecule has 1 N–H and O–H groups in total. The van der Waals surface area contributed by atoms with Crippen molar-refractivity contribution >= 4 is 17.7 Å². The number of ether oxygens (including phenoxy) is 1. The maximum absolute atomic E-state index is 12.6. The van der Waals surface area contributed by atoms with E-state index in [4.69, 9.17) is 4.74 Å². The fraction of sp³-hybridized carbons (Fsp3) is 0.167. The van der Waals surface area contributed by atoms with Gasteiger partial charge in [0.2, 0.25) is 0 Å². The highest BCUT2D eigenvalue weighted by Gasteiger charge is 2.14. The molecule has 146 valence electrons. The molecule has 0 spiro atoms. The van der Waals surface area contributed by atoms with Crippen molar-refractivity contribution in [2.45, 2.75) is 20.8 Å². The molecule has 0 saturated carbocycles. The van der Waals surface area contributed by atoms with Gasteiger partial charge in [-0.3, -0.25) is 4.79 Å². The maximum atomic E-state index is 12.6. The van der Waals surface area contributed by atoms with E-state index in [-0.39, 0.29) is 5.57 Å². The summed E-state index contributed by atoms with van der Waals surface area (Å²) in [6.07, 6.45) is 1.63. The minimum absolute atomic E-state index is 0.0585. The van der Waals surface area contributed by atoms with Crippen LogP contribution in [0, 0.1) is 32.1 Å². The lowest BCUT2D eigenvalue weighted by molar-refractivity contribution is -0.112. The minimum atomic E-state index is -0.420. The second-order valence-corrected chi connectivity index (χ2v) is 6.80. The summed E-state index contributed by atoms with van der Waals surface area (Å²) in [5, 5.41) is 12.4. The molecule has 0 aliphatic rings. The number of hydrogen-bond acceptors (Lipinski definition) is 3. The van der Waals surface area contributed by atoms with E-state index in [1.807, 2.05) is 81.4 Å². The molecule has 0 aliphatic carbocycles. The van der Waals surface area contributed by atoms with Crippen LogP contribution in [0.5, 0.6) is 5.75 Å². The lowest BCUT2D eigenvalue weighted by atomic mass is 10.1. The van der Waals surface area contributed by atoms with Gasteiger partial charge in [-0.05, 0) is 74.4 Å². The summed E-state index contributed by atoms with van der Waals surface area (Å²) in [5.41, 5.74) is 5.47. The highest BCUT2D eigenvalue weighted by molar-refractivity contribution is 6.10. The van der Waals surface area contributed by atoms with Gasteiger partial charge >= 0.3 is 0 Å². The van der Waals surface area contributed by atoms with Gasteiger partial charge in [0.1, 0.15) is 17.4 Å². The van der Waals surface area contributed by atoms with Gasteiger partial charge in [-0.2, -0.15) is 5.26 Å². The van der Waals surface area contributed by atoms with Gasteiger partial charge in [0.05, 0.1) is 7.11 Å². The van der Waals surface area contributed by atoms with Gasteiger partial charge < -0.3 is 14.6 Å². The number of nitriles is 1. The van der Waals surface area contributed by atoms with E-state index in [1.165, 1.54) is 0 Å². The maximum Gasteiger partial charge on any atom is 0.266 e. The predicted molar refractivity (Wildman–Crippen MR) is 115 cm³/mol. The largest absolute Gasteiger partial charge is 0.497 e. The SMILES string of the molecule is COc1ccc(-n2c(C)cc(C=C(C#N)C(=O)Nc3ccccc3C)c2C)cc1. The number of rotatable bonds is 5. The van der Waals surface area contributed by atoms with Crippen LogP contribution in [0.3, 0.4) is 0 Å². The molecule has 2 aromatic carbocycles. The molecule has 0 bridgehead atoms. The van der Waals surface area contributed by atoms with Crippen LogP contribution < -0.4 is 10.1 Å². The number of carbonyl (C=O) groups is 1. The van der Waals surface area contributed by atoms with Crippen molar-refractivity contribution in [2.75, 3.05) is 12.4 Å². The molecule has 1 heterocycles. The summed E-state index contributed by atoms with van der Waals surface area (Å²) in [6, 6.07) is 19.2. The summed E-state index contributed by atoms with van der Waals surface area (Å²) in [4.78, 5) is 12.6. The second kappa shape index (κ2) is 8.49. The van der Waals surface area contributed by atoms with Crippen LogP contribution in [0.15, 0.2) is 60.2 Å². The zero-order chi connectivity index (χ0) is 21.0. The molecule has 29 heavy (non-hydrogen) atoms. The van der Waals surface area contributed by atoms with Gasteiger partial charge in [-0.25, -0.2) is 0 Å². The number of para-hydroxylation sites is 1. The number of aromatic nitrogens is 1. The number of nitrogens with zero attached hydrogens (tertiary/aromatic N) is 2. The molecule has 3 rings (SSSR count). The molecule has 0 fully saturated rings. The van der Waals surface area contributed by atoms with Crippen LogP contribution in [0.25, 0.3) is 11.8 Å². The van der Waals surface area contributed by atoms with Gasteiger partial charge in [0, 0.05) is 22.8 Å². The third kappa shape index (κ3) is 4.22. The van der Waals surface area contributed by atoms with Crippen molar-refractivity contribution in [3.63, 3.8) is 0 Å². The Morgan fingerprint density at radius 3 is 2.41 bits per heavy atom. The topological polar surface area (TPSA) is 67.0 Å². The van der Waals surface area contributed by atoms with Crippen molar-refractivity contribution in [1.29, 1.82) is 5.26 Å². The number of methoxy groups -OCH3 is 1. The third-order valence-electron chi connectivity index (χ3n) is 4.86. The van der Waals surface area contributed by atoms with Gasteiger partial charge in [-0.1, -0.05) is 18.2 Å². The summed E-state index contributed by atoms with van der Waals surface area (Å²) in [5.74, 6) is 0.368. The molecule has 0 radical (unpaired) electrons. The molecular formula is C24H23N3O2. The monoisotopic (exact) mass is 385 g/mol. The highest BCUT2D eigenvalue weighted by Crippen LogP contribution is 2.24. The fourth-order valence-electron chi connectivity index (χ4n) is 3.27. The lowest BCUT2D eigenvalue weighted by Crippen LogP contribution is -2.14. The first kappa shape index (κ1) is 20.0. The van der Waals surface area contributed by atoms with Crippen molar-refractivity contribution in [3.8, 4) is 17.5 Å². The molecule has 1 amide bonds. The van der Waals surface area contributed by atoms with E-state index in [0.29, 0.717) is 5.69 Å². The number of benzene rings is 2. The predicted octanol–water partition coefficient (Wildman–Crippen LogP) is 4.96. The number of aryl methyl sites for hydroxylation is 2. The average molecular weight is 385 g/mol. The molecule has 0 saturated heterocycles. The Balaban J connectivity index is 1.93. The van der Waals surface area contributed by atoms with E-state index in [1.54, 1.807) is 13.2 Å². The molecule has 5 heteroatoms. The van der Waals surface area contributed by atoms with E-state index >= 15 is 0 Å². The molecule has 3 aromatic rings. The van der Waals surface area contributed by atoms with Crippen molar-refractivity contribution in [3.05, 3.63) is 82.7 Å². The van der Waals surface area contributed by atoms with Crippen LogP contribution in [0.1, 0.15) is 22.5 Å². The third-order valence-corrected chi connectivity index (χ3v) is 4.86. The standard InChI is InChI=1S/C24H23N3O2/c1-16-7-5-6-8-23(16)26-24(28)20(15-25)14-19-13-17(2)27(18(19)3)21-9-11-22(29-4)12-10-21/h5-14H,1-4H3,(H,26,28). The molecular weight excluding hydrogens is 362 g/mol. The lowest BCUT2D eigenvalue weighted by Gasteiger charge is -2.10. The van der Waals surface area contributed by atoms with Gasteiger partial charge in [0.15, 0.2) is 0 Å².